The minimum absolute atomic E-state index is 0.00630. The second-order valence-corrected chi connectivity index (χ2v) is 5.42. The summed E-state index contributed by atoms with van der Waals surface area (Å²) in [7, 11) is 0. The molecule has 2 fully saturated rings. The number of aldehydes is 1. The van der Waals surface area contributed by atoms with Crippen LogP contribution in [0.2, 0.25) is 0 Å². The largest absolute Gasteiger partial charge is 0.396 e. The predicted octanol–water partition coefficient (Wildman–Crippen LogP) is 1.13. The zero-order valence-electron chi connectivity index (χ0n) is 9.80. The van der Waals surface area contributed by atoms with Gasteiger partial charge in [-0.15, -0.1) is 5.10 Å². The number of aromatic nitrogens is 3. The summed E-state index contributed by atoms with van der Waals surface area (Å²) < 4.78 is 1.86. The van der Waals surface area contributed by atoms with Crippen LogP contribution in [0.3, 0.4) is 0 Å². The molecule has 0 spiro atoms. The molecule has 0 saturated heterocycles. The van der Waals surface area contributed by atoms with Crippen LogP contribution in [0.25, 0.3) is 0 Å². The molecule has 0 amide bonds. The molecule has 0 unspecified atom stereocenters. The molecular formula is C12H17N3O2. The van der Waals surface area contributed by atoms with Crippen molar-refractivity contribution < 1.29 is 9.90 Å². The average molecular weight is 235 g/mol. The molecule has 2 saturated carbocycles. The Morgan fingerprint density at radius 1 is 1.47 bits per heavy atom. The summed E-state index contributed by atoms with van der Waals surface area (Å²) in [6.45, 7) is 0.906. The van der Waals surface area contributed by atoms with Gasteiger partial charge in [-0.3, -0.25) is 4.79 Å². The number of carbonyl (C=O) groups is 1. The molecule has 17 heavy (non-hydrogen) atoms. The van der Waals surface area contributed by atoms with Crippen molar-refractivity contribution in [2.75, 3.05) is 6.61 Å². The van der Waals surface area contributed by atoms with E-state index >= 15 is 0 Å². The summed E-state index contributed by atoms with van der Waals surface area (Å²) in [4.78, 5) is 11.0. The minimum Gasteiger partial charge on any atom is -0.396 e. The minimum atomic E-state index is 0.00630. The molecule has 5 heteroatoms. The Morgan fingerprint density at radius 2 is 2.24 bits per heavy atom. The third-order valence-electron chi connectivity index (χ3n) is 4.18. The van der Waals surface area contributed by atoms with Crippen molar-refractivity contribution in [2.24, 2.45) is 5.41 Å². The Bertz CT molecular complexity index is 433. The molecule has 2 aliphatic carbocycles. The summed E-state index contributed by atoms with van der Waals surface area (Å²) in [5, 5.41) is 17.4. The lowest BCUT2D eigenvalue weighted by Gasteiger charge is -2.27. The summed E-state index contributed by atoms with van der Waals surface area (Å²) in [6.07, 6.45) is 6.36. The van der Waals surface area contributed by atoms with Gasteiger partial charge in [0.05, 0.1) is 18.8 Å². The van der Waals surface area contributed by atoms with Gasteiger partial charge in [0.25, 0.3) is 0 Å². The van der Waals surface area contributed by atoms with Gasteiger partial charge in [-0.25, -0.2) is 4.68 Å². The fraction of sp³-hybridized carbons (Fsp3) is 0.750. The number of nitrogens with zero attached hydrogens (tertiary/aromatic N) is 3. The first-order valence-corrected chi connectivity index (χ1v) is 6.27. The summed E-state index contributed by atoms with van der Waals surface area (Å²) in [5.74, 6) is 0.444. The fourth-order valence-electron chi connectivity index (χ4n) is 2.50. The van der Waals surface area contributed by atoms with E-state index in [1.54, 1.807) is 0 Å². The van der Waals surface area contributed by atoms with Crippen LogP contribution >= 0.6 is 0 Å². The molecule has 1 N–H and O–H groups in total. The Kier molecular flexibility index (Phi) is 2.50. The number of aliphatic hydroxyl groups excluding tert-OH is 1. The van der Waals surface area contributed by atoms with E-state index in [-0.39, 0.29) is 12.0 Å². The maximum atomic E-state index is 11.0. The summed E-state index contributed by atoms with van der Waals surface area (Å²) in [5.41, 5.74) is 1.49. The number of aliphatic hydroxyl groups is 1. The summed E-state index contributed by atoms with van der Waals surface area (Å²) in [6, 6.07) is 0. The second kappa shape index (κ2) is 3.91. The van der Waals surface area contributed by atoms with Crippen LogP contribution in [0.15, 0.2) is 0 Å². The van der Waals surface area contributed by atoms with Crippen molar-refractivity contribution in [3.05, 3.63) is 11.4 Å². The van der Waals surface area contributed by atoms with Crippen LogP contribution in [-0.4, -0.2) is 33.0 Å². The average Bonchev–Trinajstić information content (AvgIpc) is 2.95. The first kappa shape index (κ1) is 10.9. The van der Waals surface area contributed by atoms with Crippen LogP contribution in [0, 0.1) is 5.41 Å². The van der Waals surface area contributed by atoms with E-state index in [0.29, 0.717) is 18.2 Å². The first-order chi connectivity index (χ1) is 8.28. The van der Waals surface area contributed by atoms with E-state index in [9.17, 15) is 9.90 Å². The highest BCUT2D eigenvalue weighted by Crippen LogP contribution is 2.47. The first-order valence-electron chi connectivity index (χ1n) is 6.27. The van der Waals surface area contributed by atoms with Crippen LogP contribution < -0.4 is 0 Å². The molecule has 1 heterocycles. The monoisotopic (exact) mass is 235 g/mol. The van der Waals surface area contributed by atoms with E-state index in [0.717, 1.165) is 37.7 Å². The molecule has 92 valence electrons. The molecule has 0 radical (unpaired) electrons. The third kappa shape index (κ3) is 1.78. The van der Waals surface area contributed by atoms with Crippen LogP contribution in [0.5, 0.6) is 0 Å². The maximum absolute atomic E-state index is 11.0. The van der Waals surface area contributed by atoms with E-state index in [4.69, 9.17) is 0 Å². The zero-order chi connectivity index (χ0) is 11.9. The van der Waals surface area contributed by atoms with Crippen molar-refractivity contribution in [3.8, 4) is 0 Å². The third-order valence-corrected chi connectivity index (χ3v) is 4.18. The highest BCUT2D eigenvalue weighted by atomic mass is 16.3. The lowest BCUT2D eigenvalue weighted by molar-refractivity contribution is 0.111. The standard InChI is InChI=1S/C12H17N3O2/c16-6-10-11(9-2-1-3-9)15(14-13-10)7-12(8-17)4-5-12/h6,9,17H,1-5,7-8H2. The van der Waals surface area contributed by atoms with Crippen LogP contribution in [-0.2, 0) is 6.54 Å². The molecule has 0 aromatic carbocycles. The topological polar surface area (TPSA) is 68.0 Å². The molecule has 0 atom stereocenters. The van der Waals surface area contributed by atoms with Gasteiger partial charge < -0.3 is 5.11 Å². The highest BCUT2D eigenvalue weighted by Gasteiger charge is 2.43. The lowest BCUT2D eigenvalue weighted by atomic mass is 9.82. The Morgan fingerprint density at radius 3 is 2.71 bits per heavy atom. The fourth-order valence-corrected chi connectivity index (χ4v) is 2.50. The van der Waals surface area contributed by atoms with Crippen LogP contribution in [0.4, 0.5) is 0 Å². The van der Waals surface area contributed by atoms with E-state index < -0.39 is 0 Å². The second-order valence-electron chi connectivity index (χ2n) is 5.42. The van der Waals surface area contributed by atoms with Gasteiger partial charge in [-0.05, 0) is 25.7 Å². The van der Waals surface area contributed by atoms with Crippen molar-refractivity contribution in [3.63, 3.8) is 0 Å². The zero-order valence-corrected chi connectivity index (χ0v) is 9.80. The van der Waals surface area contributed by atoms with Gasteiger partial charge in [0.2, 0.25) is 0 Å². The molecule has 0 aliphatic heterocycles. The molecular weight excluding hydrogens is 218 g/mol. The van der Waals surface area contributed by atoms with Gasteiger partial charge in [-0.2, -0.15) is 0 Å². The van der Waals surface area contributed by atoms with Gasteiger partial charge in [0.15, 0.2) is 6.29 Å². The lowest BCUT2D eigenvalue weighted by Crippen LogP contribution is -2.22. The Hall–Kier alpha value is -1.23. The molecule has 5 nitrogen and oxygen atoms in total. The van der Waals surface area contributed by atoms with Gasteiger partial charge in [0, 0.05) is 11.3 Å². The SMILES string of the molecule is O=Cc1nnn(CC2(CO)CC2)c1C1CCC1. The smallest absolute Gasteiger partial charge is 0.172 e. The van der Waals surface area contributed by atoms with Gasteiger partial charge >= 0.3 is 0 Å². The Balaban J connectivity index is 1.87. The molecule has 3 rings (SSSR count). The highest BCUT2D eigenvalue weighted by molar-refractivity contribution is 5.73. The van der Waals surface area contributed by atoms with E-state index in [1.165, 1.54) is 6.42 Å². The normalized spacial score (nSPS) is 22.2. The predicted molar refractivity (Wildman–Crippen MR) is 60.8 cm³/mol. The molecule has 2 aliphatic rings. The number of carbonyl (C=O) groups excluding carboxylic acids is 1. The molecule has 1 aromatic heterocycles. The van der Waals surface area contributed by atoms with Crippen molar-refractivity contribution >= 4 is 6.29 Å². The van der Waals surface area contributed by atoms with Crippen molar-refractivity contribution in [1.29, 1.82) is 0 Å². The maximum Gasteiger partial charge on any atom is 0.172 e. The molecule has 0 bridgehead atoms. The van der Waals surface area contributed by atoms with Crippen molar-refractivity contribution in [1.82, 2.24) is 15.0 Å². The van der Waals surface area contributed by atoms with Gasteiger partial charge in [-0.1, -0.05) is 11.6 Å². The quantitative estimate of drug-likeness (QED) is 0.777. The number of rotatable bonds is 5. The van der Waals surface area contributed by atoms with Crippen molar-refractivity contribution in [2.45, 2.75) is 44.6 Å². The van der Waals surface area contributed by atoms with Crippen LogP contribution in [0.1, 0.15) is 54.2 Å². The van der Waals surface area contributed by atoms with E-state index in [1.807, 2.05) is 4.68 Å². The Labute approximate surface area is 99.8 Å². The summed E-state index contributed by atoms with van der Waals surface area (Å²) >= 11 is 0. The van der Waals surface area contributed by atoms with Gasteiger partial charge in [0.1, 0.15) is 5.69 Å². The number of hydrogen-bond acceptors (Lipinski definition) is 4. The molecule has 1 aromatic rings. The number of hydrogen-bond donors (Lipinski definition) is 1. The van der Waals surface area contributed by atoms with E-state index in [2.05, 4.69) is 10.3 Å².